The number of amides is 1. The fraction of sp³-hybridized carbons (Fsp3) is 0.800. The minimum absolute atomic E-state index is 0.00289. The van der Waals surface area contributed by atoms with Gasteiger partial charge >= 0.3 is 0 Å². The third-order valence-electron chi connectivity index (χ3n) is 2.41. The van der Waals surface area contributed by atoms with Crippen LogP contribution in [-0.4, -0.2) is 41.9 Å². The van der Waals surface area contributed by atoms with E-state index in [0.29, 0.717) is 19.7 Å². The van der Waals surface area contributed by atoms with Gasteiger partial charge in [-0.1, -0.05) is 13.8 Å². The standard InChI is InChI=1S/C10H16N2O2S/c1-7(2)9(15)10(13)12-3-4-14-8(5-11)6-12/h7-9,15H,3-4,6H2,1-2H3. The van der Waals surface area contributed by atoms with Gasteiger partial charge in [-0.25, -0.2) is 0 Å². The molecule has 0 aromatic rings. The maximum Gasteiger partial charge on any atom is 0.235 e. The molecule has 1 fully saturated rings. The molecule has 0 aromatic carbocycles. The van der Waals surface area contributed by atoms with Gasteiger partial charge in [0.25, 0.3) is 0 Å². The number of ether oxygens (including phenoxy) is 1. The van der Waals surface area contributed by atoms with Crippen LogP contribution in [-0.2, 0) is 9.53 Å². The van der Waals surface area contributed by atoms with E-state index in [-0.39, 0.29) is 17.1 Å². The Labute approximate surface area is 95.6 Å². The number of rotatable bonds is 2. The minimum atomic E-state index is -0.490. The largest absolute Gasteiger partial charge is 0.360 e. The highest BCUT2D eigenvalue weighted by atomic mass is 32.1. The van der Waals surface area contributed by atoms with Crippen LogP contribution in [0.4, 0.5) is 0 Å². The Hall–Kier alpha value is -0.730. The first-order valence-electron chi connectivity index (χ1n) is 5.04. The molecule has 5 heteroatoms. The fourth-order valence-corrected chi connectivity index (χ4v) is 1.56. The van der Waals surface area contributed by atoms with Gasteiger partial charge in [-0.2, -0.15) is 17.9 Å². The average Bonchev–Trinajstić information content (AvgIpc) is 2.27. The molecule has 15 heavy (non-hydrogen) atoms. The molecule has 1 amide bonds. The Morgan fingerprint density at radius 2 is 2.33 bits per heavy atom. The van der Waals surface area contributed by atoms with Crippen LogP contribution in [0.25, 0.3) is 0 Å². The maximum atomic E-state index is 11.9. The monoisotopic (exact) mass is 228 g/mol. The highest BCUT2D eigenvalue weighted by molar-refractivity contribution is 7.81. The SMILES string of the molecule is CC(C)C(S)C(=O)N1CCOC(C#N)C1. The molecule has 0 radical (unpaired) electrons. The van der Waals surface area contributed by atoms with Crippen molar-refractivity contribution in [2.24, 2.45) is 5.92 Å². The van der Waals surface area contributed by atoms with Crippen LogP contribution < -0.4 is 0 Å². The molecular formula is C10H16N2O2S. The summed E-state index contributed by atoms with van der Waals surface area (Å²) in [7, 11) is 0. The topological polar surface area (TPSA) is 53.3 Å². The molecular weight excluding hydrogens is 212 g/mol. The van der Waals surface area contributed by atoms with E-state index < -0.39 is 6.10 Å². The number of hydrogen-bond donors (Lipinski definition) is 1. The van der Waals surface area contributed by atoms with Crippen LogP contribution in [0, 0.1) is 17.2 Å². The number of carbonyl (C=O) groups excluding carboxylic acids is 1. The van der Waals surface area contributed by atoms with Crippen molar-refractivity contribution in [1.29, 1.82) is 5.26 Å². The third kappa shape index (κ3) is 3.11. The molecule has 1 aliphatic rings. The van der Waals surface area contributed by atoms with Crippen LogP contribution in [0.5, 0.6) is 0 Å². The zero-order valence-electron chi connectivity index (χ0n) is 9.01. The first-order chi connectivity index (χ1) is 7.06. The first kappa shape index (κ1) is 12.3. The summed E-state index contributed by atoms with van der Waals surface area (Å²) >= 11 is 4.27. The molecule has 1 saturated heterocycles. The molecule has 0 bridgehead atoms. The summed E-state index contributed by atoms with van der Waals surface area (Å²) in [6, 6.07) is 2.02. The summed E-state index contributed by atoms with van der Waals surface area (Å²) in [4.78, 5) is 13.5. The van der Waals surface area contributed by atoms with Gasteiger partial charge in [0, 0.05) is 6.54 Å². The highest BCUT2D eigenvalue weighted by Gasteiger charge is 2.28. The van der Waals surface area contributed by atoms with Crippen molar-refractivity contribution in [1.82, 2.24) is 4.90 Å². The van der Waals surface area contributed by atoms with Gasteiger partial charge in [0.2, 0.25) is 5.91 Å². The van der Waals surface area contributed by atoms with Gasteiger partial charge in [0.05, 0.1) is 24.5 Å². The van der Waals surface area contributed by atoms with Crippen LogP contribution in [0.2, 0.25) is 0 Å². The number of morpholine rings is 1. The Morgan fingerprint density at radius 3 is 2.87 bits per heavy atom. The van der Waals surface area contributed by atoms with Gasteiger partial charge in [-0.05, 0) is 5.92 Å². The van der Waals surface area contributed by atoms with Crippen molar-refractivity contribution in [3.63, 3.8) is 0 Å². The molecule has 2 unspecified atom stereocenters. The smallest absolute Gasteiger partial charge is 0.235 e. The zero-order valence-corrected chi connectivity index (χ0v) is 9.91. The van der Waals surface area contributed by atoms with Crippen LogP contribution in [0.15, 0.2) is 0 Å². The van der Waals surface area contributed by atoms with E-state index in [0.717, 1.165) is 0 Å². The summed E-state index contributed by atoms with van der Waals surface area (Å²) in [6.45, 7) is 5.26. The first-order valence-corrected chi connectivity index (χ1v) is 5.56. The van der Waals surface area contributed by atoms with E-state index in [1.807, 2.05) is 19.9 Å². The molecule has 1 rings (SSSR count). The van der Waals surface area contributed by atoms with Gasteiger partial charge < -0.3 is 9.64 Å². The Bertz CT molecular complexity index is 275. The summed E-state index contributed by atoms with van der Waals surface area (Å²) in [5, 5.41) is 8.42. The Kier molecular flexibility index (Phi) is 4.43. The van der Waals surface area contributed by atoms with Crippen molar-refractivity contribution in [2.75, 3.05) is 19.7 Å². The lowest BCUT2D eigenvalue weighted by Gasteiger charge is -2.32. The number of nitrogens with zero attached hydrogens (tertiary/aromatic N) is 2. The Morgan fingerprint density at radius 1 is 1.67 bits per heavy atom. The molecule has 0 saturated carbocycles. The lowest BCUT2D eigenvalue weighted by molar-refractivity contribution is -0.137. The van der Waals surface area contributed by atoms with Crippen molar-refractivity contribution >= 4 is 18.5 Å². The fourth-order valence-electron chi connectivity index (χ4n) is 1.40. The summed E-state index contributed by atoms with van der Waals surface area (Å²) in [6.07, 6.45) is -0.490. The number of thiol groups is 1. The molecule has 1 heterocycles. The van der Waals surface area contributed by atoms with Crippen LogP contribution >= 0.6 is 12.6 Å². The van der Waals surface area contributed by atoms with Gasteiger partial charge in [-0.15, -0.1) is 0 Å². The highest BCUT2D eigenvalue weighted by Crippen LogP contribution is 2.14. The molecule has 0 aromatic heterocycles. The Balaban J connectivity index is 2.57. The molecule has 84 valence electrons. The van der Waals surface area contributed by atoms with Crippen LogP contribution in [0.1, 0.15) is 13.8 Å². The van der Waals surface area contributed by atoms with Gasteiger partial charge in [-0.3, -0.25) is 4.79 Å². The van der Waals surface area contributed by atoms with Crippen molar-refractivity contribution in [3.05, 3.63) is 0 Å². The van der Waals surface area contributed by atoms with Gasteiger partial charge in [0.1, 0.15) is 0 Å². The van der Waals surface area contributed by atoms with E-state index >= 15 is 0 Å². The van der Waals surface area contributed by atoms with Crippen molar-refractivity contribution in [3.8, 4) is 6.07 Å². The lowest BCUT2D eigenvalue weighted by atomic mass is 10.1. The molecule has 1 aliphatic heterocycles. The second kappa shape index (κ2) is 5.38. The van der Waals surface area contributed by atoms with Crippen molar-refractivity contribution < 1.29 is 9.53 Å². The predicted octanol–water partition coefficient (Wildman–Crippen LogP) is 0.692. The molecule has 2 atom stereocenters. The average molecular weight is 228 g/mol. The summed E-state index contributed by atoms with van der Waals surface area (Å²) in [5.74, 6) is 0.195. The molecule has 0 N–H and O–H groups in total. The molecule has 0 aliphatic carbocycles. The van der Waals surface area contributed by atoms with E-state index in [1.165, 1.54) is 0 Å². The van der Waals surface area contributed by atoms with E-state index in [1.54, 1.807) is 4.90 Å². The summed E-state index contributed by atoms with van der Waals surface area (Å²) < 4.78 is 5.17. The van der Waals surface area contributed by atoms with Crippen LogP contribution in [0.3, 0.4) is 0 Å². The molecule has 4 nitrogen and oxygen atoms in total. The normalized spacial score (nSPS) is 23.7. The number of carbonyl (C=O) groups is 1. The second-order valence-electron chi connectivity index (χ2n) is 3.96. The van der Waals surface area contributed by atoms with E-state index in [9.17, 15) is 4.79 Å². The predicted molar refractivity (Wildman–Crippen MR) is 59.5 cm³/mol. The molecule has 0 spiro atoms. The van der Waals surface area contributed by atoms with E-state index in [4.69, 9.17) is 10.00 Å². The summed E-state index contributed by atoms with van der Waals surface area (Å²) in [5.41, 5.74) is 0. The maximum absolute atomic E-state index is 11.9. The number of nitriles is 1. The zero-order chi connectivity index (χ0) is 11.4. The van der Waals surface area contributed by atoms with E-state index in [2.05, 4.69) is 12.6 Å². The van der Waals surface area contributed by atoms with Crippen molar-refractivity contribution in [2.45, 2.75) is 25.2 Å². The number of hydrogen-bond acceptors (Lipinski definition) is 4. The second-order valence-corrected chi connectivity index (χ2v) is 4.52. The minimum Gasteiger partial charge on any atom is -0.360 e. The van der Waals surface area contributed by atoms with Gasteiger partial charge in [0.15, 0.2) is 6.10 Å². The lowest BCUT2D eigenvalue weighted by Crippen LogP contribution is -2.48. The quantitative estimate of drug-likeness (QED) is 0.708. The third-order valence-corrected chi connectivity index (χ3v) is 3.22.